The van der Waals surface area contributed by atoms with E-state index >= 15 is 0 Å². The van der Waals surface area contributed by atoms with E-state index in [1.165, 1.54) is 4.90 Å². The molecule has 2 N–H and O–H groups in total. The van der Waals surface area contributed by atoms with Crippen LogP contribution in [0.5, 0.6) is 0 Å². The van der Waals surface area contributed by atoms with E-state index in [-0.39, 0.29) is 11.6 Å². The number of carboxylic acids is 1. The van der Waals surface area contributed by atoms with Crippen molar-refractivity contribution in [3.63, 3.8) is 0 Å². The molecule has 2 aromatic rings. The summed E-state index contributed by atoms with van der Waals surface area (Å²) in [5, 5.41) is 13.5. The van der Waals surface area contributed by atoms with E-state index in [2.05, 4.69) is 5.32 Å². The molecule has 2 rings (SSSR count). The molecule has 5 heteroatoms. The van der Waals surface area contributed by atoms with Gasteiger partial charge in [0, 0.05) is 14.1 Å². The fourth-order valence-corrected chi connectivity index (χ4v) is 1.75. The standard InChI is InChI=1S/C14H14N2O3/c1-16(2)14(19)15-12-8-10-6-4-3-5-9(10)7-11(12)13(17)18/h3-8H,1-2H3,(H,15,19)(H,17,18). The van der Waals surface area contributed by atoms with Gasteiger partial charge in [0.05, 0.1) is 11.3 Å². The Morgan fingerprint density at radius 1 is 1.11 bits per heavy atom. The predicted molar refractivity (Wildman–Crippen MR) is 73.6 cm³/mol. The van der Waals surface area contributed by atoms with Crippen LogP contribution in [0.3, 0.4) is 0 Å². The highest BCUT2D eigenvalue weighted by Gasteiger charge is 2.14. The minimum atomic E-state index is -1.07. The molecule has 2 aromatic carbocycles. The van der Waals surface area contributed by atoms with E-state index in [9.17, 15) is 14.7 Å². The fraction of sp³-hybridized carbons (Fsp3) is 0.143. The molecule has 0 atom stereocenters. The molecule has 0 saturated heterocycles. The van der Waals surface area contributed by atoms with Crippen molar-refractivity contribution in [1.82, 2.24) is 4.90 Å². The van der Waals surface area contributed by atoms with E-state index in [0.29, 0.717) is 5.69 Å². The van der Waals surface area contributed by atoms with Crippen LogP contribution in [0, 0.1) is 0 Å². The average Bonchev–Trinajstić information content (AvgIpc) is 2.37. The van der Waals surface area contributed by atoms with Gasteiger partial charge in [0.1, 0.15) is 0 Å². The van der Waals surface area contributed by atoms with Crippen molar-refractivity contribution in [2.24, 2.45) is 0 Å². The van der Waals surface area contributed by atoms with Crippen molar-refractivity contribution in [1.29, 1.82) is 0 Å². The molecule has 0 aliphatic heterocycles. The van der Waals surface area contributed by atoms with Crippen molar-refractivity contribution in [2.45, 2.75) is 0 Å². The Labute approximate surface area is 110 Å². The molecule has 0 aliphatic carbocycles. The van der Waals surface area contributed by atoms with E-state index in [1.54, 1.807) is 26.2 Å². The van der Waals surface area contributed by atoms with Crippen molar-refractivity contribution in [3.05, 3.63) is 42.0 Å². The molecule has 0 bridgehead atoms. The Morgan fingerprint density at radius 2 is 1.68 bits per heavy atom. The number of rotatable bonds is 2. The summed E-state index contributed by atoms with van der Waals surface area (Å²) in [5.74, 6) is -1.07. The topological polar surface area (TPSA) is 69.6 Å². The highest BCUT2D eigenvalue weighted by atomic mass is 16.4. The predicted octanol–water partition coefficient (Wildman–Crippen LogP) is 2.63. The molecule has 0 aliphatic rings. The lowest BCUT2D eigenvalue weighted by Crippen LogP contribution is -2.28. The molecule has 0 heterocycles. The van der Waals surface area contributed by atoms with Gasteiger partial charge < -0.3 is 15.3 Å². The Kier molecular flexibility index (Phi) is 3.37. The van der Waals surface area contributed by atoms with Gasteiger partial charge in [0.2, 0.25) is 0 Å². The maximum atomic E-state index is 11.6. The second-order valence-corrected chi connectivity index (χ2v) is 4.37. The highest BCUT2D eigenvalue weighted by molar-refractivity contribution is 6.04. The van der Waals surface area contributed by atoms with Crippen LogP contribution < -0.4 is 5.32 Å². The number of amides is 2. The number of carboxylic acid groups (broad SMARTS) is 1. The summed E-state index contributed by atoms with van der Waals surface area (Å²) in [6.07, 6.45) is 0. The number of aromatic carboxylic acids is 1. The summed E-state index contributed by atoms with van der Waals surface area (Å²) in [7, 11) is 3.19. The lowest BCUT2D eigenvalue weighted by Gasteiger charge is -2.14. The SMILES string of the molecule is CN(C)C(=O)Nc1cc2ccccc2cc1C(=O)O. The first kappa shape index (κ1) is 12.9. The normalized spacial score (nSPS) is 10.2. The van der Waals surface area contributed by atoms with Crippen LogP contribution in [-0.2, 0) is 0 Å². The molecule has 0 saturated carbocycles. The fourth-order valence-electron chi connectivity index (χ4n) is 1.75. The molecule has 19 heavy (non-hydrogen) atoms. The second kappa shape index (κ2) is 4.97. The molecular weight excluding hydrogens is 244 g/mol. The number of anilines is 1. The second-order valence-electron chi connectivity index (χ2n) is 4.37. The number of benzene rings is 2. The molecule has 0 fully saturated rings. The van der Waals surface area contributed by atoms with Crippen LogP contribution in [0.15, 0.2) is 36.4 Å². The van der Waals surface area contributed by atoms with Gasteiger partial charge in [-0.25, -0.2) is 9.59 Å². The summed E-state index contributed by atoms with van der Waals surface area (Å²) < 4.78 is 0. The Bertz CT molecular complexity index is 650. The monoisotopic (exact) mass is 258 g/mol. The Morgan fingerprint density at radius 3 is 2.21 bits per heavy atom. The van der Waals surface area contributed by atoms with Gasteiger partial charge in [-0.15, -0.1) is 0 Å². The van der Waals surface area contributed by atoms with Crippen LogP contribution in [0.1, 0.15) is 10.4 Å². The van der Waals surface area contributed by atoms with Crippen molar-refractivity contribution in [2.75, 3.05) is 19.4 Å². The van der Waals surface area contributed by atoms with Gasteiger partial charge in [0.25, 0.3) is 0 Å². The van der Waals surface area contributed by atoms with Gasteiger partial charge in [-0.2, -0.15) is 0 Å². The summed E-state index contributed by atoms with van der Waals surface area (Å²) >= 11 is 0. The minimum absolute atomic E-state index is 0.0777. The Balaban J connectivity index is 2.53. The zero-order valence-corrected chi connectivity index (χ0v) is 10.7. The van der Waals surface area contributed by atoms with E-state index in [1.807, 2.05) is 24.3 Å². The van der Waals surface area contributed by atoms with Crippen LogP contribution in [0.4, 0.5) is 10.5 Å². The van der Waals surface area contributed by atoms with Crippen LogP contribution >= 0.6 is 0 Å². The molecular formula is C14H14N2O3. The molecule has 0 spiro atoms. The molecule has 5 nitrogen and oxygen atoms in total. The first-order chi connectivity index (χ1) is 8.99. The first-order valence-corrected chi connectivity index (χ1v) is 5.73. The number of nitrogens with one attached hydrogen (secondary N) is 1. The summed E-state index contributed by atoms with van der Waals surface area (Å²) in [6.45, 7) is 0. The smallest absolute Gasteiger partial charge is 0.337 e. The van der Waals surface area contributed by atoms with Gasteiger partial charge in [-0.1, -0.05) is 24.3 Å². The van der Waals surface area contributed by atoms with E-state index < -0.39 is 5.97 Å². The van der Waals surface area contributed by atoms with Crippen molar-refractivity contribution < 1.29 is 14.7 Å². The number of urea groups is 1. The van der Waals surface area contributed by atoms with Crippen molar-refractivity contribution in [3.8, 4) is 0 Å². The summed E-state index contributed by atoms with van der Waals surface area (Å²) in [4.78, 5) is 24.2. The number of carbonyl (C=O) groups is 2. The van der Waals surface area contributed by atoms with Crippen LogP contribution in [0.25, 0.3) is 10.8 Å². The van der Waals surface area contributed by atoms with Crippen molar-refractivity contribution >= 4 is 28.5 Å². The largest absolute Gasteiger partial charge is 0.478 e. The van der Waals surface area contributed by atoms with Crippen LogP contribution in [0.2, 0.25) is 0 Å². The van der Waals surface area contributed by atoms with Gasteiger partial charge in [0.15, 0.2) is 0 Å². The number of carbonyl (C=O) groups excluding carboxylic acids is 1. The van der Waals surface area contributed by atoms with E-state index in [4.69, 9.17) is 0 Å². The minimum Gasteiger partial charge on any atom is -0.478 e. The molecule has 2 amide bonds. The number of hydrogen-bond acceptors (Lipinski definition) is 2. The van der Waals surface area contributed by atoms with E-state index in [0.717, 1.165) is 10.8 Å². The zero-order valence-electron chi connectivity index (χ0n) is 10.7. The Hall–Kier alpha value is -2.56. The molecule has 0 radical (unpaired) electrons. The lowest BCUT2D eigenvalue weighted by atomic mass is 10.0. The quantitative estimate of drug-likeness (QED) is 0.870. The number of nitrogens with zero attached hydrogens (tertiary/aromatic N) is 1. The third-order valence-corrected chi connectivity index (χ3v) is 2.76. The number of hydrogen-bond donors (Lipinski definition) is 2. The first-order valence-electron chi connectivity index (χ1n) is 5.73. The number of fused-ring (bicyclic) bond motifs is 1. The third kappa shape index (κ3) is 2.65. The van der Waals surface area contributed by atoms with Gasteiger partial charge >= 0.3 is 12.0 Å². The lowest BCUT2D eigenvalue weighted by molar-refractivity contribution is 0.0698. The zero-order chi connectivity index (χ0) is 14.0. The summed E-state index contributed by atoms with van der Waals surface area (Å²) in [5.41, 5.74) is 0.374. The average molecular weight is 258 g/mol. The highest BCUT2D eigenvalue weighted by Crippen LogP contribution is 2.24. The van der Waals surface area contributed by atoms with Crippen LogP contribution in [-0.4, -0.2) is 36.1 Å². The van der Waals surface area contributed by atoms with Gasteiger partial charge in [-0.05, 0) is 22.9 Å². The molecule has 0 unspecified atom stereocenters. The third-order valence-electron chi connectivity index (χ3n) is 2.76. The molecule has 0 aromatic heterocycles. The maximum Gasteiger partial charge on any atom is 0.337 e. The summed E-state index contributed by atoms with van der Waals surface area (Å²) in [6, 6.07) is 10.3. The maximum absolute atomic E-state index is 11.6. The van der Waals surface area contributed by atoms with Gasteiger partial charge in [-0.3, -0.25) is 0 Å². The molecule has 98 valence electrons.